The Kier molecular flexibility index (Phi) is 11.0. The highest BCUT2D eigenvalue weighted by atomic mass is 16.5. The lowest BCUT2D eigenvalue weighted by Crippen LogP contribution is -2.61. The van der Waals surface area contributed by atoms with Crippen LogP contribution in [0.4, 0.5) is 4.79 Å². The average molecular weight is 556 g/mol. The van der Waals surface area contributed by atoms with Gasteiger partial charge in [-0.25, -0.2) is 4.79 Å². The summed E-state index contributed by atoms with van der Waals surface area (Å²) < 4.78 is 9.41. The Morgan fingerprint density at radius 3 is 2.27 bits per heavy atom. The predicted octanol–water partition coefficient (Wildman–Crippen LogP) is -0.0166. The van der Waals surface area contributed by atoms with Crippen LogP contribution < -0.4 is 27.4 Å². The van der Waals surface area contributed by atoms with Gasteiger partial charge in [0.25, 0.3) is 0 Å². The van der Waals surface area contributed by atoms with E-state index in [0.717, 1.165) is 7.11 Å². The van der Waals surface area contributed by atoms with Gasteiger partial charge in [0.05, 0.1) is 26.3 Å². The number of hydrogen-bond acceptors (Lipinski definition) is 9. The summed E-state index contributed by atoms with van der Waals surface area (Å²) in [6.45, 7) is -0.473. The van der Waals surface area contributed by atoms with Crippen LogP contribution in [0.2, 0.25) is 0 Å². The Bertz CT molecular complexity index is 1300. The van der Waals surface area contributed by atoms with Gasteiger partial charge in [-0.1, -0.05) is 24.3 Å². The minimum Gasteiger partial charge on any atom is -0.507 e. The SMILES string of the molecule is COC(=O)CC[C@](Cc1cccc(C(=N)N)c1)(NC(=O)OC)C(=O)NCC(=O)NCc1ccc(C(=N)N)c(O)c1. The van der Waals surface area contributed by atoms with Crippen LogP contribution >= 0.6 is 0 Å². The van der Waals surface area contributed by atoms with Gasteiger partial charge >= 0.3 is 12.1 Å². The summed E-state index contributed by atoms with van der Waals surface area (Å²) in [5.41, 5.74) is 10.8. The molecule has 0 aliphatic carbocycles. The Balaban J connectivity index is 2.23. The Hall–Kier alpha value is -5.14. The molecule has 214 valence electrons. The van der Waals surface area contributed by atoms with E-state index in [0.29, 0.717) is 16.7 Å². The minimum atomic E-state index is -1.74. The number of carbonyl (C=O) groups excluding carboxylic acids is 4. The zero-order valence-corrected chi connectivity index (χ0v) is 22.1. The number of nitrogen functional groups attached to an aromatic ring is 2. The first-order valence-electron chi connectivity index (χ1n) is 12.0. The second-order valence-electron chi connectivity index (χ2n) is 8.79. The zero-order chi connectivity index (χ0) is 29.9. The third-order valence-corrected chi connectivity index (χ3v) is 5.94. The van der Waals surface area contributed by atoms with E-state index in [-0.39, 0.29) is 48.8 Å². The van der Waals surface area contributed by atoms with E-state index in [1.807, 2.05) is 0 Å². The molecule has 3 amide bonds. The zero-order valence-electron chi connectivity index (χ0n) is 22.1. The van der Waals surface area contributed by atoms with Gasteiger partial charge in [0.15, 0.2) is 0 Å². The third-order valence-electron chi connectivity index (χ3n) is 5.94. The second-order valence-corrected chi connectivity index (χ2v) is 8.79. The summed E-state index contributed by atoms with van der Waals surface area (Å²) in [6.07, 6.45) is -1.52. The first kappa shape index (κ1) is 31.1. The highest BCUT2D eigenvalue weighted by Gasteiger charge is 2.41. The molecular formula is C26H33N7O7. The van der Waals surface area contributed by atoms with Gasteiger partial charge in [-0.2, -0.15) is 0 Å². The van der Waals surface area contributed by atoms with Crippen molar-refractivity contribution in [2.45, 2.75) is 31.3 Å². The molecule has 0 aliphatic rings. The van der Waals surface area contributed by atoms with Crippen LogP contribution in [0.15, 0.2) is 42.5 Å². The molecule has 0 saturated heterocycles. The number of ether oxygens (including phenoxy) is 2. The van der Waals surface area contributed by atoms with E-state index in [9.17, 15) is 24.3 Å². The number of benzene rings is 2. The molecule has 14 heteroatoms. The fraction of sp³-hybridized carbons (Fsp3) is 0.308. The molecule has 2 aromatic rings. The molecule has 0 aromatic heterocycles. The van der Waals surface area contributed by atoms with Crippen molar-refractivity contribution in [1.82, 2.24) is 16.0 Å². The topological polar surface area (TPSA) is 243 Å². The number of methoxy groups -OCH3 is 2. The Morgan fingerprint density at radius 1 is 0.950 bits per heavy atom. The lowest BCUT2D eigenvalue weighted by Gasteiger charge is -2.33. The summed E-state index contributed by atoms with van der Waals surface area (Å²) in [4.78, 5) is 50.3. The van der Waals surface area contributed by atoms with Crippen molar-refractivity contribution in [2.24, 2.45) is 11.5 Å². The number of aromatic hydroxyl groups is 1. The second kappa shape index (κ2) is 14.1. The van der Waals surface area contributed by atoms with Crippen molar-refractivity contribution in [2.75, 3.05) is 20.8 Å². The maximum atomic E-state index is 13.5. The molecule has 14 nitrogen and oxygen atoms in total. The number of nitrogens with one attached hydrogen (secondary N) is 5. The van der Waals surface area contributed by atoms with Crippen molar-refractivity contribution >= 4 is 35.5 Å². The first-order valence-corrected chi connectivity index (χ1v) is 12.0. The van der Waals surface area contributed by atoms with E-state index in [2.05, 4.69) is 16.0 Å². The van der Waals surface area contributed by atoms with E-state index >= 15 is 0 Å². The molecule has 0 saturated carbocycles. The maximum Gasteiger partial charge on any atom is 0.407 e. The van der Waals surface area contributed by atoms with Crippen LogP contribution in [0, 0.1) is 10.8 Å². The highest BCUT2D eigenvalue weighted by Crippen LogP contribution is 2.22. The molecular weight excluding hydrogens is 522 g/mol. The summed E-state index contributed by atoms with van der Waals surface area (Å²) in [6, 6.07) is 10.8. The first-order chi connectivity index (χ1) is 18.9. The summed E-state index contributed by atoms with van der Waals surface area (Å²) in [5, 5.41) is 32.7. The number of amides is 3. The lowest BCUT2D eigenvalue weighted by molar-refractivity contribution is -0.141. The number of alkyl carbamates (subject to hydrolysis) is 1. The molecule has 0 heterocycles. The standard InChI is InChI=1S/C26H33N7O7/c1-39-21(36)8-9-26(33-25(38)40-2,12-15-4-3-5-17(10-15)22(27)28)24(37)32-14-20(35)31-13-16-6-7-18(23(29)30)19(34)11-16/h3-7,10-11,34H,8-9,12-14H2,1-2H3,(H3,27,28)(H3,29,30)(H,31,35)(H,32,37)(H,33,38)/t26-/m1/s1. The predicted molar refractivity (Wildman–Crippen MR) is 145 cm³/mol. The molecule has 2 aromatic carbocycles. The molecule has 0 aliphatic heterocycles. The van der Waals surface area contributed by atoms with E-state index < -0.39 is 36.0 Å². The van der Waals surface area contributed by atoms with Crippen LogP contribution in [0.5, 0.6) is 5.75 Å². The number of esters is 1. The minimum absolute atomic E-state index is 0.00613. The third kappa shape index (κ3) is 8.72. The van der Waals surface area contributed by atoms with Crippen LogP contribution in [0.1, 0.15) is 35.1 Å². The lowest BCUT2D eigenvalue weighted by atomic mass is 9.84. The van der Waals surface area contributed by atoms with Gasteiger partial charge in [-0.05, 0) is 35.7 Å². The molecule has 2 rings (SSSR count). The van der Waals surface area contributed by atoms with Gasteiger partial charge in [-0.3, -0.25) is 25.2 Å². The van der Waals surface area contributed by atoms with Crippen LogP contribution in [0.25, 0.3) is 0 Å². The molecule has 0 radical (unpaired) electrons. The van der Waals surface area contributed by atoms with Crippen molar-refractivity contribution in [3.63, 3.8) is 0 Å². The number of phenols is 1. The Morgan fingerprint density at radius 2 is 1.68 bits per heavy atom. The fourth-order valence-corrected chi connectivity index (χ4v) is 3.81. The van der Waals surface area contributed by atoms with Gasteiger partial charge in [0.1, 0.15) is 23.0 Å². The van der Waals surface area contributed by atoms with Gasteiger partial charge in [0, 0.05) is 24.9 Å². The van der Waals surface area contributed by atoms with Crippen molar-refractivity contribution in [3.05, 3.63) is 64.7 Å². The maximum absolute atomic E-state index is 13.5. The van der Waals surface area contributed by atoms with Crippen LogP contribution in [-0.2, 0) is 36.8 Å². The molecule has 0 fully saturated rings. The number of nitrogens with two attached hydrogens (primary N) is 2. The number of hydrogen-bond donors (Lipinski definition) is 8. The monoisotopic (exact) mass is 555 g/mol. The summed E-state index contributed by atoms with van der Waals surface area (Å²) in [5.74, 6) is -2.70. The van der Waals surface area contributed by atoms with E-state index in [4.69, 9.17) is 31.8 Å². The molecule has 0 unspecified atom stereocenters. The normalized spacial score (nSPS) is 11.8. The van der Waals surface area contributed by atoms with E-state index in [1.54, 1.807) is 30.3 Å². The summed E-state index contributed by atoms with van der Waals surface area (Å²) >= 11 is 0. The van der Waals surface area contributed by atoms with Gasteiger partial charge < -0.3 is 42.0 Å². The largest absolute Gasteiger partial charge is 0.507 e. The smallest absolute Gasteiger partial charge is 0.407 e. The number of amidine groups is 2. The number of carbonyl (C=O) groups is 4. The molecule has 1 atom stereocenters. The van der Waals surface area contributed by atoms with Gasteiger partial charge in [-0.15, -0.1) is 0 Å². The average Bonchev–Trinajstić information content (AvgIpc) is 2.92. The quantitative estimate of drug-likeness (QED) is 0.0939. The Labute approximate surface area is 230 Å². The number of rotatable bonds is 13. The van der Waals surface area contributed by atoms with Crippen molar-refractivity contribution < 1.29 is 33.8 Å². The van der Waals surface area contributed by atoms with Crippen molar-refractivity contribution in [3.8, 4) is 5.75 Å². The van der Waals surface area contributed by atoms with Crippen LogP contribution in [0.3, 0.4) is 0 Å². The van der Waals surface area contributed by atoms with Gasteiger partial charge in [0.2, 0.25) is 11.8 Å². The highest BCUT2D eigenvalue weighted by molar-refractivity contribution is 5.97. The molecule has 0 spiro atoms. The molecule has 10 N–H and O–H groups in total. The number of phenolic OH excluding ortho intramolecular Hbond substituents is 1. The van der Waals surface area contributed by atoms with Crippen LogP contribution in [-0.4, -0.2) is 67.0 Å². The molecule has 0 bridgehead atoms. The summed E-state index contributed by atoms with van der Waals surface area (Å²) in [7, 11) is 2.30. The fourth-order valence-electron chi connectivity index (χ4n) is 3.81. The molecule has 40 heavy (non-hydrogen) atoms. The van der Waals surface area contributed by atoms with E-state index in [1.165, 1.54) is 19.2 Å². The van der Waals surface area contributed by atoms with Crippen molar-refractivity contribution in [1.29, 1.82) is 10.8 Å².